The van der Waals surface area contributed by atoms with Gasteiger partial charge in [-0.15, -0.1) is 0 Å². The minimum absolute atomic E-state index is 0.00618. The van der Waals surface area contributed by atoms with Gasteiger partial charge in [-0.05, 0) is 48.9 Å². The third-order valence-corrected chi connectivity index (χ3v) is 5.81. The van der Waals surface area contributed by atoms with Crippen LogP contribution in [0, 0.1) is 18.8 Å². The van der Waals surface area contributed by atoms with E-state index < -0.39 is 0 Å². The van der Waals surface area contributed by atoms with E-state index in [1.165, 1.54) is 24.0 Å². The number of hydrogen-bond donors (Lipinski definition) is 1. The fourth-order valence-electron chi connectivity index (χ4n) is 4.01. The molecule has 4 heteroatoms. The van der Waals surface area contributed by atoms with E-state index in [0.29, 0.717) is 24.6 Å². The quantitative estimate of drug-likeness (QED) is 0.886. The summed E-state index contributed by atoms with van der Waals surface area (Å²) in [7, 11) is 0. The van der Waals surface area contributed by atoms with Crippen molar-refractivity contribution in [2.75, 3.05) is 19.6 Å². The summed E-state index contributed by atoms with van der Waals surface area (Å²) >= 11 is 0. The van der Waals surface area contributed by atoms with Crippen molar-refractivity contribution in [2.45, 2.75) is 25.7 Å². The molecule has 1 N–H and O–H groups in total. The normalized spacial score (nSPS) is 21.9. The van der Waals surface area contributed by atoms with Gasteiger partial charge in [-0.25, -0.2) is 0 Å². The molecule has 140 valence electrons. The number of rotatable bonds is 5. The molecular weight excluding hydrogens is 336 g/mol. The Hall–Kier alpha value is -2.62. The van der Waals surface area contributed by atoms with Crippen LogP contribution in [0.25, 0.3) is 0 Å². The predicted octanol–water partition coefficient (Wildman–Crippen LogP) is 3.38. The zero-order valence-corrected chi connectivity index (χ0v) is 15.7. The Morgan fingerprint density at radius 2 is 1.70 bits per heavy atom. The lowest BCUT2D eigenvalue weighted by molar-refractivity contribution is -0.125. The van der Waals surface area contributed by atoms with Gasteiger partial charge >= 0.3 is 0 Å². The fourth-order valence-corrected chi connectivity index (χ4v) is 4.01. The number of carbonyl (C=O) groups excluding carboxylic acids is 2. The van der Waals surface area contributed by atoms with Gasteiger partial charge < -0.3 is 10.2 Å². The highest BCUT2D eigenvalue weighted by atomic mass is 16.2. The minimum Gasteiger partial charge on any atom is -0.356 e. The van der Waals surface area contributed by atoms with E-state index >= 15 is 0 Å². The summed E-state index contributed by atoms with van der Waals surface area (Å²) in [5.74, 6) is 0.579. The average Bonchev–Trinajstić information content (AvgIpc) is 3.43. The van der Waals surface area contributed by atoms with Crippen LogP contribution in [0.1, 0.15) is 40.2 Å². The lowest BCUT2D eigenvalue weighted by Crippen LogP contribution is -2.36. The maximum atomic E-state index is 12.9. The lowest BCUT2D eigenvalue weighted by Gasteiger charge is -2.20. The Kier molecular flexibility index (Phi) is 4.97. The topological polar surface area (TPSA) is 49.4 Å². The summed E-state index contributed by atoms with van der Waals surface area (Å²) in [5, 5.41) is 3.13. The van der Waals surface area contributed by atoms with E-state index in [1.807, 2.05) is 47.4 Å². The van der Waals surface area contributed by atoms with Crippen LogP contribution >= 0.6 is 0 Å². The van der Waals surface area contributed by atoms with Crippen LogP contribution in [0.2, 0.25) is 0 Å². The molecule has 0 radical (unpaired) electrons. The largest absolute Gasteiger partial charge is 0.356 e. The first kappa shape index (κ1) is 17.8. The van der Waals surface area contributed by atoms with E-state index in [9.17, 15) is 9.59 Å². The zero-order valence-electron chi connectivity index (χ0n) is 15.7. The van der Waals surface area contributed by atoms with Crippen LogP contribution < -0.4 is 5.32 Å². The number of benzene rings is 2. The Balaban J connectivity index is 1.57. The van der Waals surface area contributed by atoms with Crippen molar-refractivity contribution in [3.63, 3.8) is 0 Å². The van der Waals surface area contributed by atoms with E-state index in [2.05, 4.69) is 24.4 Å². The van der Waals surface area contributed by atoms with Gasteiger partial charge in [0.25, 0.3) is 5.91 Å². The molecule has 0 bridgehead atoms. The monoisotopic (exact) mass is 362 g/mol. The van der Waals surface area contributed by atoms with Crippen LogP contribution in [0.3, 0.4) is 0 Å². The first-order chi connectivity index (χ1) is 13.1. The van der Waals surface area contributed by atoms with Crippen LogP contribution in [-0.4, -0.2) is 36.3 Å². The highest BCUT2D eigenvalue weighted by Gasteiger charge is 2.41. The Morgan fingerprint density at radius 3 is 2.41 bits per heavy atom. The maximum Gasteiger partial charge on any atom is 0.253 e. The Bertz CT molecular complexity index is 829. The van der Waals surface area contributed by atoms with Gasteiger partial charge in [0.05, 0.1) is 5.92 Å². The summed E-state index contributed by atoms with van der Waals surface area (Å²) in [4.78, 5) is 27.7. The second-order valence-corrected chi connectivity index (χ2v) is 7.83. The number of aryl methyl sites for hydroxylation is 1. The Morgan fingerprint density at radius 1 is 1.00 bits per heavy atom. The number of nitrogens with one attached hydrogen (secondary N) is 1. The van der Waals surface area contributed by atoms with Gasteiger partial charge in [0, 0.05) is 31.1 Å². The van der Waals surface area contributed by atoms with Crippen LogP contribution in [0.5, 0.6) is 0 Å². The third-order valence-electron chi connectivity index (χ3n) is 5.81. The van der Waals surface area contributed by atoms with Gasteiger partial charge in [0.1, 0.15) is 0 Å². The molecule has 2 atom stereocenters. The summed E-state index contributed by atoms with van der Waals surface area (Å²) in [6.07, 6.45) is 2.43. The van der Waals surface area contributed by atoms with E-state index in [0.717, 1.165) is 6.54 Å². The van der Waals surface area contributed by atoms with E-state index in [-0.39, 0.29) is 23.7 Å². The SMILES string of the molecule is Cc1ccccc1C1CN(C(=O)c2ccccc2)CC1C(=O)NCC1CC1. The Labute approximate surface area is 160 Å². The molecule has 2 aromatic carbocycles. The van der Waals surface area contributed by atoms with Crippen molar-refractivity contribution in [1.82, 2.24) is 10.2 Å². The molecule has 2 amide bonds. The van der Waals surface area contributed by atoms with Gasteiger partial charge in [-0.2, -0.15) is 0 Å². The summed E-state index contributed by atoms with van der Waals surface area (Å²) < 4.78 is 0. The molecule has 1 saturated carbocycles. The molecule has 1 aliphatic heterocycles. The molecule has 0 spiro atoms. The minimum atomic E-state index is -0.197. The average molecular weight is 362 g/mol. The third kappa shape index (κ3) is 3.90. The zero-order chi connectivity index (χ0) is 18.8. The summed E-state index contributed by atoms with van der Waals surface area (Å²) in [6.45, 7) is 3.90. The smallest absolute Gasteiger partial charge is 0.253 e. The van der Waals surface area contributed by atoms with Gasteiger partial charge in [-0.1, -0.05) is 42.5 Å². The van der Waals surface area contributed by atoms with E-state index in [4.69, 9.17) is 0 Å². The highest BCUT2D eigenvalue weighted by molar-refractivity contribution is 5.95. The van der Waals surface area contributed by atoms with Crippen molar-refractivity contribution >= 4 is 11.8 Å². The maximum absolute atomic E-state index is 12.9. The molecule has 2 fully saturated rings. The molecular formula is C23H26N2O2. The first-order valence-corrected chi connectivity index (χ1v) is 9.81. The fraction of sp³-hybridized carbons (Fsp3) is 0.391. The molecule has 2 unspecified atom stereocenters. The van der Waals surface area contributed by atoms with Crippen LogP contribution in [0.4, 0.5) is 0 Å². The molecule has 4 nitrogen and oxygen atoms in total. The molecule has 1 aliphatic carbocycles. The van der Waals surface area contributed by atoms with Crippen molar-refractivity contribution in [1.29, 1.82) is 0 Å². The van der Waals surface area contributed by atoms with Crippen molar-refractivity contribution < 1.29 is 9.59 Å². The van der Waals surface area contributed by atoms with Crippen LogP contribution in [0.15, 0.2) is 54.6 Å². The standard InChI is InChI=1S/C23H26N2O2/c1-16-7-5-6-10-19(16)20-14-25(23(27)18-8-3-2-4-9-18)15-21(20)22(26)24-13-17-11-12-17/h2-10,17,20-21H,11-15H2,1H3,(H,24,26). The molecule has 1 saturated heterocycles. The summed E-state index contributed by atoms with van der Waals surface area (Å²) in [5.41, 5.74) is 3.03. The number of likely N-dealkylation sites (tertiary alicyclic amines) is 1. The van der Waals surface area contributed by atoms with E-state index in [1.54, 1.807) is 0 Å². The van der Waals surface area contributed by atoms with Crippen molar-refractivity contribution in [3.8, 4) is 0 Å². The molecule has 4 rings (SSSR count). The number of nitrogens with zero attached hydrogens (tertiary/aromatic N) is 1. The second kappa shape index (κ2) is 7.55. The first-order valence-electron chi connectivity index (χ1n) is 9.81. The van der Waals surface area contributed by atoms with Crippen molar-refractivity contribution in [2.24, 2.45) is 11.8 Å². The van der Waals surface area contributed by atoms with Gasteiger partial charge in [-0.3, -0.25) is 9.59 Å². The predicted molar refractivity (Wildman–Crippen MR) is 105 cm³/mol. The number of amides is 2. The molecule has 27 heavy (non-hydrogen) atoms. The second-order valence-electron chi connectivity index (χ2n) is 7.83. The molecule has 0 aromatic heterocycles. The molecule has 2 aliphatic rings. The summed E-state index contributed by atoms with van der Waals surface area (Å²) in [6, 6.07) is 17.5. The number of carbonyl (C=O) groups is 2. The lowest BCUT2D eigenvalue weighted by atomic mass is 9.86. The van der Waals surface area contributed by atoms with Gasteiger partial charge in [0.15, 0.2) is 0 Å². The highest BCUT2D eigenvalue weighted by Crippen LogP contribution is 2.35. The molecule has 1 heterocycles. The van der Waals surface area contributed by atoms with Crippen molar-refractivity contribution in [3.05, 3.63) is 71.3 Å². The number of hydrogen-bond acceptors (Lipinski definition) is 2. The van der Waals surface area contributed by atoms with Gasteiger partial charge in [0.2, 0.25) is 5.91 Å². The van der Waals surface area contributed by atoms with Crippen LogP contribution in [-0.2, 0) is 4.79 Å². The molecule has 2 aromatic rings.